The van der Waals surface area contributed by atoms with E-state index in [4.69, 9.17) is 0 Å². The standard InChI is InChI=1S/C8H6BrNO4/c1-5-2-3-7(10(12)13)6(4-5)8(11)14-9/h2-4H,1H3. The van der Waals surface area contributed by atoms with Crippen LogP contribution < -0.4 is 0 Å². The van der Waals surface area contributed by atoms with E-state index in [0.29, 0.717) is 0 Å². The molecule has 0 N–H and O–H groups in total. The van der Waals surface area contributed by atoms with Crippen LogP contribution in [0.5, 0.6) is 0 Å². The number of halogens is 1. The summed E-state index contributed by atoms with van der Waals surface area (Å²) in [5.41, 5.74) is 0.426. The minimum absolute atomic E-state index is 0.0631. The van der Waals surface area contributed by atoms with Gasteiger partial charge in [-0.3, -0.25) is 10.1 Å². The van der Waals surface area contributed by atoms with Crippen molar-refractivity contribution < 1.29 is 13.5 Å². The van der Waals surface area contributed by atoms with Gasteiger partial charge in [0, 0.05) is 6.07 Å². The van der Waals surface area contributed by atoms with Crippen molar-refractivity contribution in [3.05, 3.63) is 39.4 Å². The molecule has 0 aliphatic carbocycles. The predicted molar refractivity (Wildman–Crippen MR) is 52.2 cm³/mol. The molecule has 0 radical (unpaired) electrons. The van der Waals surface area contributed by atoms with Crippen LogP contribution >= 0.6 is 16.3 Å². The van der Waals surface area contributed by atoms with Crippen molar-refractivity contribution in [3.8, 4) is 0 Å². The molecule has 6 heteroatoms. The van der Waals surface area contributed by atoms with Crippen LogP contribution in [-0.4, -0.2) is 10.9 Å². The van der Waals surface area contributed by atoms with E-state index in [0.717, 1.165) is 5.56 Å². The van der Waals surface area contributed by atoms with Crippen molar-refractivity contribution in [2.75, 3.05) is 0 Å². The monoisotopic (exact) mass is 259 g/mol. The van der Waals surface area contributed by atoms with Crippen LogP contribution in [0.3, 0.4) is 0 Å². The van der Waals surface area contributed by atoms with E-state index in [2.05, 4.69) is 20.1 Å². The molecule has 0 bridgehead atoms. The number of nitro benzene ring substituents is 1. The van der Waals surface area contributed by atoms with Gasteiger partial charge in [0.15, 0.2) is 16.3 Å². The Hall–Kier alpha value is -1.43. The summed E-state index contributed by atoms with van der Waals surface area (Å²) in [5.74, 6) is -0.777. The summed E-state index contributed by atoms with van der Waals surface area (Å²) < 4.78 is 4.25. The number of hydrogen-bond acceptors (Lipinski definition) is 4. The number of carbonyl (C=O) groups is 1. The lowest BCUT2D eigenvalue weighted by molar-refractivity contribution is -0.385. The fourth-order valence-corrected chi connectivity index (χ4v) is 1.19. The molecular formula is C8H6BrNO4. The summed E-state index contributed by atoms with van der Waals surface area (Å²) in [4.78, 5) is 21.0. The molecule has 5 nitrogen and oxygen atoms in total. The van der Waals surface area contributed by atoms with Crippen molar-refractivity contribution >= 4 is 27.9 Å². The van der Waals surface area contributed by atoms with E-state index in [1.54, 1.807) is 13.0 Å². The molecule has 74 valence electrons. The van der Waals surface area contributed by atoms with Crippen LogP contribution in [0, 0.1) is 17.0 Å². The molecule has 0 aliphatic heterocycles. The summed E-state index contributed by atoms with van der Waals surface area (Å²) in [5, 5.41) is 10.5. The van der Waals surface area contributed by atoms with Gasteiger partial charge in [0.1, 0.15) is 5.56 Å². The molecule has 0 atom stereocenters. The lowest BCUT2D eigenvalue weighted by Crippen LogP contribution is -2.03. The second-order valence-corrected chi connectivity index (χ2v) is 2.97. The number of aryl methyl sites for hydroxylation is 1. The fraction of sp³-hybridized carbons (Fsp3) is 0.125. The van der Waals surface area contributed by atoms with Gasteiger partial charge in [0.05, 0.1) is 4.92 Å². The lowest BCUT2D eigenvalue weighted by Gasteiger charge is -2.00. The van der Waals surface area contributed by atoms with Crippen molar-refractivity contribution in [2.45, 2.75) is 6.92 Å². The van der Waals surface area contributed by atoms with Gasteiger partial charge in [-0.05, 0) is 18.6 Å². The average molecular weight is 260 g/mol. The number of benzene rings is 1. The first-order chi connectivity index (χ1) is 6.56. The van der Waals surface area contributed by atoms with Crippen LogP contribution in [0.25, 0.3) is 0 Å². The first-order valence-corrected chi connectivity index (χ1v) is 4.29. The summed E-state index contributed by atoms with van der Waals surface area (Å²) in [6, 6.07) is 4.24. The van der Waals surface area contributed by atoms with E-state index in [-0.39, 0.29) is 11.3 Å². The van der Waals surface area contributed by atoms with E-state index < -0.39 is 10.9 Å². The lowest BCUT2D eigenvalue weighted by atomic mass is 10.1. The Morgan fingerprint density at radius 3 is 2.71 bits per heavy atom. The molecule has 0 saturated carbocycles. The highest BCUT2D eigenvalue weighted by Crippen LogP contribution is 2.21. The molecule has 1 aromatic rings. The van der Waals surface area contributed by atoms with Gasteiger partial charge >= 0.3 is 5.97 Å². The molecule has 1 rings (SSSR count). The molecule has 0 spiro atoms. The Kier molecular flexibility index (Phi) is 3.19. The van der Waals surface area contributed by atoms with E-state index in [9.17, 15) is 14.9 Å². The number of rotatable bonds is 2. The second-order valence-electron chi connectivity index (χ2n) is 2.64. The predicted octanol–water partition coefficient (Wildman–Crippen LogP) is 2.37. The third kappa shape index (κ3) is 2.08. The number of nitrogens with zero attached hydrogens (tertiary/aromatic N) is 1. The van der Waals surface area contributed by atoms with Crippen molar-refractivity contribution in [1.82, 2.24) is 0 Å². The van der Waals surface area contributed by atoms with Crippen molar-refractivity contribution in [2.24, 2.45) is 0 Å². The minimum Gasteiger partial charge on any atom is -0.380 e. The third-order valence-electron chi connectivity index (χ3n) is 1.64. The SMILES string of the molecule is Cc1ccc([N+](=O)[O-])c(C(=O)OBr)c1. The zero-order valence-corrected chi connectivity index (χ0v) is 8.78. The van der Waals surface area contributed by atoms with E-state index in [1.165, 1.54) is 12.1 Å². The van der Waals surface area contributed by atoms with Crippen LogP contribution in [0.2, 0.25) is 0 Å². The van der Waals surface area contributed by atoms with Gasteiger partial charge < -0.3 is 3.83 Å². The average Bonchev–Trinajstić information content (AvgIpc) is 2.16. The van der Waals surface area contributed by atoms with Gasteiger partial charge in [0.25, 0.3) is 5.69 Å². The quantitative estimate of drug-likeness (QED) is 0.604. The Bertz CT molecular complexity index is 391. The maximum Gasteiger partial charge on any atom is 0.356 e. The molecule has 1 aromatic carbocycles. The molecule has 14 heavy (non-hydrogen) atoms. The molecule has 0 fully saturated rings. The molecule has 0 aliphatic rings. The summed E-state index contributed by atoms with van der Waals surface area (Å²) in [6.07, 6.45) is 0. The zero-order valence-electron chi connectivity index (χ0n) is 7.19. The molecule has 0 saturated heterocycles. The number of hydrogen-bond donors (Lipinski definition) is 0. The van der Waals surface area contributed by atoms with Crippen molar-refractivity contribution in [1.29, 1.82) is 0 Å². The first kappa shape index (κ1) is 10.6. The van der Waals surface area contributed by atoms with E-state index >= 15 is 0 Å². The maximum absolute atomic E-state index is 11.1. The Morgan fingerprint density at radius 1 is 1.57 bits per heavy atom. The van der Waals surface area contributed by atoms with Gasteiger partial charge in [-0.25, -0.2) is 4.79 Å². The van der Waals surface area contributed by atoms with Gasteiger partial charge in [-0.1, -0.05) is 6.07 Å². The molecule has 0 unspecified atom stereocenters. The number of nitro groups is 1. The Balaban J connectivity index is 3.29. The third-order valence-corrected chi connectivity index (χ3v) is 1.93. The van der Waals surface area contributed by atoms with Gasteiger partial charge in [-0.2, -0.15) is 0 Å². The Labute approximate surface area is 88.3 Å². The van der Waals surface area contributed by atoms with Crippen LogP contribution in [0.1, 0.15) is 15.9 Å². The topological polar surface area (TPSA) is 69.4 Å². The van der Waals surface area contributed by atoms with Crippen LogP contribution in [0.4, 0.5) is 5.69 Å². The van der Waals surface area contributed by atoms with Gasteiger partial charge in [0.2, 0.25) is 0 Å². The molecule has 0 heterocycles. The second kappa shape index (κ2) is 4.19. The number of carbonyl (C=O) groups excluding carboxylic acids is 1. The van der Waals surface area contributed by atoms with Crippen LogP contribution in [0.15, 0.2) is 18.2 Å². The summed E-state index contributed by atoms with van der Waals surface area (Å²) in [7, 11) is 0. The summed E-state index contributed by atoms with van der Waals surface area (Å²) in [6.45, 7) is 1.73. The molecule has 0 amide bonds. The van der Waals surface area contributed by atoms with Crippen LogP contribution in [-0.2, 0) is 3.83 Å². The highest BCUT2D eigenvalue weighted by molar-refractivity contribution is 9.06. The highest BCUT2D eigenvalue weighted by atomic mass is 79.9. The first-order valence-electron chi connectivity index (χ1n) is 3.64. The van der Waals surface area contributed by atoms with E-state index in [1.807, 2.05) is 0 Å². The smallest absolute Gasteiger partial charge is 0.356 e. The van der Waals surface area contributed by atoms with Gasteiger partial charge in [-0.15, -0.1) is 0 Å². The molecular weight excluding hydrogens is 254 g/mol. The Morgan fingerprint density at radius 2 is 2.21 bits per heavy atom. The highest BCUT2D eigenvalue weighted by Gasteiger charge is 2.20. The zero-order chi connectivity index (χ0) is 10.7. The maximum atomic E-state index is 11.1. The normalized spacial score (nSPS) is 9.57. The largest absolute Gasteiger partial charge is 0.380 e. The minimum atomic E-state index is -0.777. The summed E-state index contributed by atoms with van der Waals surface area (Å²) >= 11 is 2.49. The fourth-order valence-electron chi connectivity index (χ4n) is 1.01. The van der Waals surface area contributed by atoms with Crippen molar-refractivity contribution in [3.63, 3.8) is 0 Å². The molecule has 0 aromatic heterocycles.